The predicted molar refractivity (Wildman–Crippen MR) is 173 cm³/mol. The van der Waals surface area contributed by atoms with Crippen LogP contribution in [0.1, 0.15) is 47.4 Å². The quantitative estimate of drug-likeness (QED) is 0.273. The van der Waals surface area contributed by atoms with Gasteiger partial charge in [-0.3, -0.25) is 28.9 Å². The van der Waals surface area contributed by atoms with E-state index in [1.54, 1.807) is 38.1 Å². The number of fused-ring (bicyclic) bond motifs is 4. The molecule has 2 aliphatic heterocycles. The lowest BCUT2D eigenvalue weighted by Crippen LogP contribution is -2.53. The van der Waals surface area contributed by atoms with Gasteiger partial charge in [-0.05, 0) is 73.1 Å². The summed E-state index contributed by atoms with van der Waals surface area (Å²) in [5.41, 5.74) is 2.30. The monoisotopic (exact) mass is 652 g/mol. The lowest BCUT2D eigenvalue weighted by molar-refractivity contribution is -0.142. The van der Waals surface area contributed by atoms with Crippen molar-refractivity contribution in [3.8, 4) is 5.75 Å². The van der Waals surface area contributed by atoms with Crippen LogP contribution in [0.2, 0.25) is 5.02 Å². The average Bonchev–Trinajstić information content (AvgIpc) is 3.43. The van der Waals surface area contributed by atoms with Crippen molar-refractivity contribution in [3.63, 3.8) is 0 Å². The van der Waals surface area contributed by atoms with Gasteiger partial charge in [0.05, 0.1) is 35.3 Å². The van der Waals surface area contributed by atoms with Gasteiger partial charge >= 0.3 is 5.97 Å². The third kappa shape index (κ3) is 4.47. The second kappa shape index (κ2) is 11.2. The molecule has 9 nitrogen and oxygen atoms in total. The highest BCUT2D eigenvalue weighted by Gasteiger charge is 2.70. The second-order valence-electron chi connectivity index (χ2n) is 13.1. The number of aryl methyl sites for hydroxylation is 2. The van der Waals surface area contributed by atoms with E-state index < -0.39 is 64.6 Å². The van der Waals surface area contributed by atoms with Crippen LogP contribution in [0.5, 0.6) is 5.75 Å². The van der Waals surface area contributed by atoms with Gasteiger partial charge in [-0.2, -0.15) is 0 Å². The first kappa shape index (κ1) is 30.9. The molecule has 4 aliphatic rings. The number of amides is 4. The minimum atomic E-state index is -1.42. The van der Waals surface area contributed by atoms with Crippen LogP contribution in [0, 0.1) is 37.5 Å². The molecule has 7 rings (SSSR count). The normalized spacial score (nSPS) is 28.2. The van der Waals surface area contributed by atoms with Gasteiger partial charge < -0.3 is 10.2 Å². The van der Waals surface area contributed by atoms with Crippen molar-refractivity contribution in [1.82, 2.24) is 4.90 Å². The number of likely N-dealkylation sites (tertiary alicyclic amines) is 1. The Balaban J connectivity index is 1.47. The largest absolute Gasteiger partial charge is 0.507 e. The fraction of sp³-hybridized carbons (Fsp3) is 0.324. The molecule has 10 heteroatoms. The number of allylic oxidation sites excluding steroid dienone is 2. The number of anilines is 1. The van der Waals surface area contributed by atoms with Crippen LogP contribution in [-0.2, 0) is 29.4 Å². The lowest BCUT2D eigenvalue weighted by atomic mass is 9.49. The molecule has 0 radical (unpaired) electrons. The summed E-state index contributed by atoms with van der Waals surface area (Å²) in [7, 11) is 0. The minimum Gasteiger partial charge on any atom is -0.507 e. The molecule has 3 fully saturated rings. The van der Waals surface area contributed by atoms with Crippen molar-refractivity contribution >= 4 is 46.9 Å². The molecule has 240 valence electrons. The number of carbonyl (C=O) groups excluding carboxylic acids is 4. The fourth-order valence-corrected chi connectivity index (χ4v) is 8.95. The van der Waals surface area contributed by atoms with Crippen molar-refractivity contribution in [1.29, 1.82) is 0 Å². The SMILES string of the molecule is Cc1cc([C@H]2C3=CC[C@@H]4C(=O)N(CCC(=O)O)C(=O)[C@@H]4[C@@H]3C[C@H]3C(=O)N(c4cccc(Cl)c4)C(=O)[C@@]23c2ccccc2)cc(C)c1O. The zero-order valence-electron chi connectivity index (χ0n) is 25.9. The molecule has 2 N–H and O–H groups in total. The Hall–Kier alpha value is -4.76. The summed E-state index contributed by atoms with van der Waals surface area (Å²) >= 11 is 6.35. The second-order valence-corrected chi connectivity index (χ2v) is 13.5. The summed E-state index contributed by atoms with van der Waals surface area (Å²) < 4.78 is 0. The molecular weight excluding hydrogens is 620 g/mol. The number of rotatable bonds is 6. The summed E-state index contributed by atoms with van der Waals surface area (Å²) in [4.78, 5) is 71.1. The summed E-state index contributed by atoms with van der Waals surface area (Å²) in [6.07, 6.45) is 1.98. The Labute approximate surface area is 276 Å². The summed E-state index contributed by atoms with van der Waals surface area (Å²) in [5, 5.41) is 20.4. The molecule has 2 saturated heterocycles. The maximum absolute atomic E-state index is 15.2. The molecule has 0 unspecified atom stereocenters. The summed E-state index contributed by atoms with van der Waals surface area (Å²) in [6, 6.07) is 19.5. The van der Waals surface area contributed by atoms with E-state index in [2.05, 4.69) is 0 Å². The van der Waals surface area contributed by atoms with Crippen LogP contribution in [0.3, 0.4) is 0 Å². The smallest absolute Gasteiger partial charge is 0.305 e. The number of nitrogens with zero attached hydrogens (tertiary/aromatic N) is 2. The lowest BCUT2D eigenvalue weighted by Gasteiger charge is -2.51. The Morgan fingerprint density at radius 1 is 0.915 bits per heavy atom. The van der Waals surface area contributed by atoms with E-state index in [9.17, 15) is 29.4 Å². The Kier molecular flexibility index (Phi) is 7.35. The van der Waals surface area contributed by atoms with Crippen LogP contribution in [-0.4, -0.2) is 51.3 Å². The Morgan fingerprint density at radius 2 is 1.62 bits per heavy atom. The number of hydrogen-bond donors (Lipinski definition) is 2. The molecule has 2 heterocycles. The van der Waals surface area contributed by atoms with Crippen LogP contribution in [0.4, 0.5) is 5.69 Å². The van der Waals surface area contributed by atoms with Crippen LogP contribution >= 0.6 is 11.6 Å². The third-order valence-electron chi connectivity index (χ3n) is 10.7. The van der Waals surface area contributed by atoms with E-state index in [-0.39, 0.29) is 31.6 Å². The molecular formula is C37H33ClN2O7. The highest BCUT2D eigenvalue weighted by atomic mass is 35.5. The highest BCUT2D eigenvalue weighted by Crippen LogP contribution is 2.64. The number of carboxylic acid groups (broad SMARTS) is 1. The summed E-state index contributed by atoms with van der Waals surface area (Å²) in [5.74, 6) is -6.32. The van der Waals surface area contributed by atoms with Crippen molar-refractivity contribution < 1.29 is 34.2 Å². The number of phenolic OH excluding ortho intramolecular Hbond substituents is 1. The number of aromatic hydroxyl groups is 1. The van der Waals surface area contributed by atoms with Crippen molar-refractivity contribution in [2.75, 3.05) is 11.4 Å². The molecule has 1 saturated carbocycles. The molecule has 47 heavy (non-hydrogen) atoms. The molecule has 0 spiro atoms. The molecule has 3 aromatic rings. The molecule has 0 bridgehead atoms. The average molecular weight is 653 g/mol. The van der Waals surface area contributed by atoms with E-state index in [4.69, 9.17) is 11.6 Å². The number of imide groups is 2. The Bertz CT molecular complexity index is 1880. The zero-order valence-corrected chi connectivity index (χ0v) is 26.6. The highest BCUT2D eigenvalue weighted by molar-refractivity contribution is 6.32. The molecule has 2 aliphatic carbocycles. The van der Waals surface area contributed by atoms with Gasteiger partial charge in [-0.1, -0.05) is 71.8 Å². The van der Waals surface area contributed by atoms with Gasteiger partial charge in [0.25, 0.3) is 0 Å². The summed E-state index contributed by atoms with van der Waals surface area (Å²) in [6.45, 7) is 3.34. The minimum absolute atomic E-state index is 0.129. The first-order valence-electron chi connectivity index (χ1n) is 15.7. The van der Waals surface area contributed by atoms with Gasteiger partial charge in [-0.15, -0.1) is 0 Å². The standard InChI is InChI=1S/C37H33ClN2O7/c1-19-15-21(16-20(2)32(19)43)31-25-11-12-26-30(35(46)39(33(26)44)14-13-29(41)42)27(25)18-28-34(45)40(24-10-6-9-23(38)17-24)36(47)37(28,31)22-7-4-3-5-8-22/h3-11,15-17,26-28,30-31,43H,12-14,18H2,1-2H3,(H,41,42)/t26-,27+,28-,30-,31-,37+/m0/s1. The van der Waals surface area contributed by atoms with E-state index in [0.29, 0.717) is 27.4 Å². The molecule has 6 atom stereocenters. The molecule has 0 aromatic heterocycles. The van der Waals surface area contributed by atoms with Crippen molar-refractivity contribution in [2.24, 2.45) is 23.7 Å². The maximum Gasteiger partial charge on any atom is 0.305 e. The van der Waals surface area contributed by atoms with Crippen molar-refractivity contribution in [3.05, 3.63) is 106 Å². The number of benzene rings is 3. The van der Waals surface area contributed by atoms with Crippen LogP contribution in [0.15, 0.2) is 78.4 Å². The molecule has 4 amide bonds. The van der Waals surface area contributed by atoms with Crippen molar-refractivity contribution in [2.45, 2.75) is 44.4 Å². The van der Waals surface area contributed by atoms with Gasteiger partial charge in [-0.25, -0.2) is 4.90 Å². The van der Waals surface area contributed by atoms with E-state index in [1.165, 1.54) is 4.90 Å². The van der Waals surface area contributed by atoms with Crippen LogP contribution < -0.4 is 4.90 Å². The first-order valence-corrected chi connectivity index (χ1v) is 16.1. The fourth-order valence-electron chi connectivity index (χ4n) is 8.77. The number of carboxylic acids is 1. The van der Waals surface area contributed by atoms with E-state index >= 15 is 4.79 Å². The maximum atomic E-state index is 15.2. The number of halogens is 1. The number of hydrogen-bond acceptors (Lipinski definition) is 6. The number of aliphatic carboxylic acids is 1. The predicted octanol–water partition coefficient (Wildman–Crippen LogP) is 5.30. The zero-order chi connectivity index (χ0) is 33.4. The molecule has 3 aromatic carbocycles. The third-order valence-corrected chi connectivity index (χ3v) is 10.9. The van der Waals surface area contributed by atoms with E-state index in [1.807, 2.05) is 48.5 Å². The topological polar surface area (TPSA) is 132 Å². The van der Waals surface area contributed by atoms with E-state index in [0.717, 1.165) is 16.0 Å². The number of phenols is 1. The van der Waals surface area contributed by atoms with Gasteiger partial charge in [0, 0.05) is 17.5 Å². The van der Waals surface area contributed by atoms with Gasteiger partial charge in [0.15, 0.2) is 0 Å². The van der Waals surface area contributed by atoms with Crippen LogP contribution in [0.25, 0.3) is 0 Å². The number of carbonyl (C=O) groups is 5. The van der Waals surface area contributed by atoms with Gasteiger partial charge in [0.2, 0.25) is 23.6 Å². The van der Waals surface area contributed by atoms with Gasteiger partial charge in [0.1, 0.15) is 5.75 Å². The Morgan fingerprint density at radius 3 is 2.28 bits per heavy atom. The first-order chi connectivity index (χ1) is 22.5.